The normalized spacial score (nSPS) is 12.2. The molecule has 13 rings (SSSR count). The molecule has 0 atom stereocenters. The maximum Gasteiger partial charge on any atom is 0.344 e. The second kappa shape index (κ2) is 24.4. The number of thiol groups is 2. The molecule has 1 aliphatic carbocycles. The van der Waals surface area contributed by atoms with E-state index in [1.165, 1.54) is 51.9 Å². The average Bonchev–Trinajstić information content (AvgIpc) is 1.70. The molecule has 1 spiro atoms. The van der Waals surface area contributed by atoms with E-state index in [0.29, 0.717) is 93.7 Å². The van der Waals surface area contributed by atoms with Gasteiger partial charge in [-0.1, -0.05) is 89.7 Å². The number of esters is 3. The van der Waals surface area contributed by atoms with Gasteiger partial charge in [0.2, 0.25) is 0 Å². The summed E-state index contributed by atoms with van der Waals surface area (Å²) in [6, 6.07) is 58.8. The number of benzene rings is 9. The van der Waals surface area contributed by atoms with Crippen LogP contribution in [0.3, 0.4) is 0 Å². The fourth-order valence-electron chi connectivity index (χ4n) is 9.62. The number of carboxylic acids is 2. The highest BCUT2D eigenvalue weighted by molar-refractivity contribution is 8.76. The molecule has 4 heterocycles. The van der Waals surface area contributed by atoms with Crippen LogP contribution in [0.2, 0.25) is 0 Å². The van der Waals surface area contributed by atoms with E-state index in [1.807, 2.05) is 36.4 Å². The molecule has 0 saturated carbocycles. The second-order valence-electron chi connectivity index (χ2n) is 18.6. The molecule has 4 aliphatic rings. The van der Waals surface area contributed by atoms with Crippen molar-refractivity contribution >= 4 is 87.7 Å². The lowest BCUT2D eigenvalue weighted by Gasteiger charge is -2.36. The third-order valence-corrected chi connectivity index (χ3v) is 16.5. The highest BCUT2D eigenvalue weighted by atomic mass is 33.1. The zero-order valence-corrected chi connectivity index (χ0v) is 47.2. The molecule has 0 radical (unpaired) electrons. The van der Waals surface area contributed by atoms with Crippen molar-refractivity contribution in [1.29, 1.82) is 0 Å². The van der Waals surface area contributed by atoms with E-state index >= 15 is 0 Å². The molecule has 0 unspecified atom stereocenters. The van der Waals surface area contributed by atoms with Crippen LogP contribution in [0.25, 0.3) is 33.4 Å². The van der Waals surface area contributed by atoms with Crippen molar-refractivity contribution in [1.82, 2.24) is 4.98 Å². The van der Waals surface area contributed by atoms with Gasteiger partial charge in [-0.05, 0) is 126 Å². The Labute approximate surface area is 502 Å². The highest BCUT2D eigenvalue weighted by Crippen LogP contribution is 2.57. The Bertz CT molecular complexity index is 4380. The molecule has 0 bridgehead atoms. The van der Waals surface area contributed by atoms with E-state index in [4.69, 9.17) is 28.5 Å². The Kier molecular flexibility index (Phi) is 16.3. The third-order valence-electron chi connectivity index (χ3n) is 13.4. The Hall–Kier alpha value is -10.1. The molecule has 0 fully saturated rings. The fourth-order valence-corrected chi connectivity index (χ4v) is 12.2. The lowest BCUT2D eigenvalue weighted by molar-refractivity contribution is 0.0223. The van der Waals surface area contributed by atoms with E-state index in [2.05, 4.69) is 30.2 Å². The van der Waals surface area contributed by atoms with Crippen LogP contribution in [-0.2, 0) is 10.3 Å². The summed E-state index contributed by atoms with van der Waals surface area (Å²) >= 11 is 8.70. The zero-order valence-electron chi connectivity index (χ0n) is 43.8. The van der Waals surface area contributed by atoms with Gasteiger partial charge in [0.15, 0.2) is 11.0 Å². The van der Waals surface area contributed by atoms with Crippen LogP contribution >= 0.6 is 46.8 Å². The zero-order chi connectivity index (χ0) is 59.4. The van der Waals surface area contributed by atoms with Gasteiger partial charge in [-0.25, -0.2) is 29.0 Å². The summed E-state index contributed by atoms with van der Waals surface area (Å²) in [6.45, 7) is 0. The van der Waals surface area contributed by atoms with Crippen molar-refractivity contribution in [2.45, 2.75) is 25.3 Å². The number of carbonyl (C=O) groups is 5. The summed E-state index contributed by atoms with van der Waals surface area (Å²) in [7, 11) is 2.85. The van der Waals surface area contributed by atoms with Gasteiger partial charge in [-0.15, -0.1) is 25.3 Å². The average molecular weight is 1200 g/mol. The van der Waals surface area contributed by atoms with Gasteiger partial charge in [0.05, 0.1) is 27.8 Å². The minimum Gasteiger partial charge on any atom is -0.508 e. The SMILES string of the molecule is O=C(O)c1ccccc1-c1c2ccc(=O)cc-2oc2cc(O)ccc12.O=C(O)c1ccccc1SSc1ccccn1.O=C(Oc1ccc2c(c1)Oc1cc(OC(=O)c3ccccc3S)ccc1C21OC(=O)c2ccccc21)c1ccccc1S. The number of aromatic nitrogens is 1. The first-order valence-electron chi connectivity index (χ1n) is 25.6. The van der Waals surface area contributed by atoms with E-state index in [-0.39, 0.29) is 28.2 Å². The van der Waals surface area contributed by atoms with Crippen LogP contribution in [-0.4, -0.2) is 50.2 Å². The highest BCUT2D eigenvalue weighted by Gasteiger charge is 2.53. The van der Waals surface area contributed by atoms with Crippen molar-refractivity contribution in [3.8, 4) is 51.2 Å². The number of nitrogens with zero attached hydrogens (tertiary/aromatic N) is 1. The summed E-state index contributed by atoms with van der Waals surface area (Å²) in [5, 5.41) is 29.8. The lowest BCUT2D eigenvalue weighted by Crippen LogP contribution is -2.33. The van der Waals surface area contributed by atoms with Gasteiger partial charge in [0, 0.05) is 78.4 Å². The molecule has 8 aromatic carbocycles. The first-order chi connectivity index (χ1) is 41.2. The van der Waals surface area contributed by atoms with Crippen LogP contribution in [0.4, 0.5) is 0 Å². The Morgan fingerprint density at radius 3 is 1.69 bits per heavy atom. The second-order valence-corrected chi connectivity index (χ2v) is 21.8. The largest absolute Gasteiger partial charge is 0.508 e. The maximum absolute atomic E-state index is 13.1. The molecule has 0 amide bonds. The molecule has 3 aliphatic heterocycles. The quantitative estimate of drug-likeness (QED) is 0.0282. The van der Waals surface area contributed by atoms with E-state index in [0.717, 1.165) is 9.92 Å². The number of ether oxygens (including phenoxy) is 4. The third kappa shape index (κ3) is 11.7. The van der Waals surface area contributed by atoms with Gasteiger partial charge < -0.3 is 38.7 Å². The number of aromatic carboxylic acids is 2. The van der Waals surface area contributed by atoms with Gasteiger partial charge in [0.1, 0.15) is 45.1 Å². The van der Waals surface area contributed by atoms with Gasteiger partial charge in [-0.3, -0.25) is 4.79 Å². The Balaban J connectivity index is 0.000000150. The Morgan fingerprint density at radius 2 is 1.08 bits per heavy atom. The van der Waals surface area contributed by atoms with Crippen molar-refractivity contribution in [2.24, 2.45) is 0 Å². The lowest BCUT2D eigenvalue weighted by atomic mass is 9.77. The monoisotopic (exact) mass is 1200 g/mol. The molecule has 19 heteroatoms. The van der Waals surface area contributed by atoms with Crippen molar-refractivity contribution in [2.75, 3.05) is 0 Å². The molecule has 3 N–H and O–H groups in total. The van der Waals surface area contributed by atoms with Gasteiger partial charge in [-0.2, -0.15) is 0 Å². The first-order valence-corrected chi connectivity index (χ1v) is 28.6. The number of hydrogen-bond donors (Lipinski definition) is 5. The summed E-state index contributed by atoms with van der Waals surface area (Å²) in [6.07, 6.45) is 1.71. The number of carbonyl (C=O) groups excluding carboxylic acids is 3. The van der Waals surface area contributed by atoms with Crippen LogP contribution in [0.5, 0.6) is 28.7 Å². The topological polar surface area (TPSA) is 226 Å². The molecule has 15 nitrogen and oxygen atoms in total. The number of carboxylic acid groups (broad SMARTS) is 2. The van der Waals surface area contributed by atoms with Crippen molar-refractivity contribution in [3.05, 3.63) is 273 Å². The Morgan fingerprint density at radius 1 is 0.518 bits per heavy atom. The van der Waals surface area contributed by atoms with Gasteiger partial charge in [0.25, 0.3) is 0 Å². The minimum absolute atomic E-state index is 0.0198. The van der Waals surface area contributed by atoms with E-state index in [9.17, 15) is 39.0 Å². The van der Waals surface area contributed by atoms with E-state index in [1.54, 1.807) is 152 Å². The standard InChI is InChI=1S/C34H20O7S2.C20H12O5.C12H9NO2S2/c35-31(22-8-2-5-11-29(22)42)38-19-13-15-25-27(17-19)40-28-18-20(39-32(36)23-9-3-6-12-30(23)43)14-16-26(28)34(25)24-10-4-1-7-21(24)33(37)41-34;21-11-5-7-15-17(9-11)25-18-10-12(22)6-8-16(18)19(15)13-3-1-2-4-14(13)20(23)24;14-12(15)9-5-1-2-6-10(9)16-17-11-7-3-4-8-13-11/h1-18,42-43H;1-10,21H,(H,23,24);1-8H,(H,14,15). The summed E-state index contributed by atoms with van der Waals surface area (Å²) < 4.78 is 29.6. The molecule has 9 aromatic rings. The number of rotatable bonds is 10. The number of hydrogen-bond acceptors (Lipinski definition) is 17. The van der Waals surface area contributed by atoms with Crippen molar-refractivity contribution in [3.63, 3.8) is 0 Å². The predicted molar refractivity (Wildman–Crippen MR) is 325 cm³/mol. The number of phenolic OH excluding ortho intramolecular Hbond substituents is 1. The molecule has 418 valence electrons. The predicted octanol–water partition coefficient (Wildman–Crippen LogP) is 14.8. The number of aromatic hydroxyl groups is 1. The molecule has 85 heavy (non-hydrogen) atoms. The molecular formula is C66H41NO14S4. The van der Waals surface area contributed by atoms with Gasteiger partial charge >= 0.3 is 29.8 Å². The number of phenols is 1. The maximum atomic E-state index is 13.1. The van der Waals surface area contributed by atoms with Crippen LogP contribution in [0.1, 0.15) is 68.5 Å². The van der Waals surface area contributed by atoms with Crippen LogP contribution in [0, 0.1) is 0 Å². The summed E-state index contributed by atoms with van der Waals surface area (Å²) in [5.41, 5.74) is 3.82. The van der Waals surface area contributed by atoms with Crippen LogP contribution < -0.4 is 19.6 Å². The number of fused-ring (bicyclic) bond motifs is 8. The molecule has 1 aromatic heterocycles. The molecular weight excluding hydrogens is 1160 g/mol. The summed E-state index contributed by atoms with van der Waals surface area (Å²) in [5.74, 6) is -2.25. The number of pyridine rings is 1. The minimum atomic E-state index is -1.35. The fraction of sp³-hybridized carbons (Fsp3) is 0.0152. The smallest absolute Gasteiger partial charge is 0.344 e. The van der Waals surface area contributed by atoms with Crippen LogP contribution in [0.15, 0.2) is 247 Å². The summed E-state index contributed by atoms with van der Waals surface area (Å²) in [4.78, 5) is 79.2. The van der Waals surface area contributed by atoms with Crippen molar-refractivity contribution < 1.29 is 62.7 Å². The van der Waals surface area contributed by atoms with E-state index < -0.39 is 35.4 Å². The first kappa shape index (κ1) is 56.8. The molecule has 0 saturated heterocycles.